The Morgan fingerprint density at radius 1 is 1.43 bits per heavy atom. The molecule has 0 saturated carbocycles. The molecule has 1 aromatic heterocycles. The van der Waals surface area contributed by atoms with E-state index in [1.165, 1.54) is 0 Å². The average molecular weight is 212 g/mol. The summed E-state index contributed by atoms with van der Waals surface area (Å²) in [5.74, 6) is -0.688. The van der Waals surface area contributed by atoms with Gasteiger partial charge in [-0.1, -0.05) is 23.7 Å². The van der Waals surface area contributed by atoms with Crippen molar-refractivity contribution in [3.05, 3.63) is 35.1 Å². The second kappa shape index (κ2) is 3.31. The minimum absolute atomic E-state index is 0.139. The molecule has 0 spiro atoms. The second-order valence-corrected chi connectivity index (χ2v) is 3.24. The summed E-state index contributed by atoms with van der Waals surface area (Å²) in [6, 6.07) is 6.80. The van der Waals surface area contributed by atoms with E-state index < -0.39 is 5.82 Å². The molecule has 72 valence electrons. The molecule has 0 aliphatic carbocycles. The van der Waals surface area contributed by atoms with Gasteiger partial charge < -0.3 is 5.73 Å². The number of aromatic amines is 1. The highest BCUT2D eigenvalue weighted by atomic mass is 35.5. The Morgan fingerprint density at radius 2 is 2.21 bits per heavy atom. The maximum absolute atomic E-state index is 13.3. The minimum atomic E-state index is -0.549. The van der Waals surface area contributed by atoms with Crippen LogP contribution in [0.15, 0.2) is 24.3 Å². The van der Waals surface area contributed by atoms with Gasteiger partial charge in [0.1, 0.15) is 5.69 Å². The fraction of sp³-hybridized carbons (Fsp3) is 0. The topological polar surface area (TPSA) is 54.7 Å². The highest BCUT2D eigenvalue weighted by molar-refractivity contribution is 6.30. The third kappa shape index (κ3) is 1.44. The standard InChI is InChI=1S/C9H7ClFN3/c10-6-3-1-2-5(4-6)8-7(11)9(12)14-13-8/h1-4H,(H3,12,13,14). The number of hydrogen-bond acceptors (Lipinski definition) is 2. The van der Waals surface area contributed by atoms with Crippen molar-refractivity contribution >= 4 is 17.4 Å². The summed E-state index contributed by atoms with van der Waals surface area (Å²) in [5, 5.41) is 6.60. The van der Waals surface area contributed by atoms with Gasteiger partial charge in [0, 0.05) is 10.6 Å². The number of H-pyrrole nitrogens is 1. The normalized spacial score (nSPS) is 10.4. The summed E-state index contributed by atoms with van der Waals surface area (Å²) in [5.41, 5.74) is 6.14. The van der Waals surface area contributed by atoms with Gasteiger partial charge in [-0.3, -0.25) is 5.10 Å². The largest absolute Gasteiger partial charge is 0.380 e. The van der Waals surface area contributed by atoms with E-state index in [0.29, 0.717) is 10.6 Å². The average Bonchev–Trinajstić information content (AvgIpc) is 2.48. The lowest BCUT2D eigenvalue weighted by Gasteiger charge is -1.97. The molecule has 2 aromatic rings. The predicted molar refractivity (Wildman–Crippen MR) is 53.4 cm³/mol. The zero-order chi connectivity index (χ0) is 10.1. The number of rotatable bonds is 1. The van der Waals surface area contributed by atoms with Crippen LogP contribution in [0.3, 0.4) is 0 Å². The monoisotopic (exact) mass is 211 g/mol. The third-order valence-corrected chi connectivity index (χ3v) is 2.08. The molecule has 0 aliphatic heterocycles. The van der Waals surface area contributed by atoms with E-state index in [1.807, 2.05) is 0 Å². The van der Waals surface area contributed by atoms with E-state index in [0.717, 1.165) is 0 Å². The molecule has 14 heavy (non-hydrogen) atoms. The Morgan fingerprint density at radius 3 is 2.79 bits per heavy atom. The minimum Gasteiger partial charge on any atom is -0.380 e. The smallest absolute Gasteiger partial charge is 0.192 e. The molecular weight excluding hydrogens is 205 g/mol. The van der Waals surface area contributed by atoms with E-state index in [1.54, 1.807) is 24.3 Å². The fourth-order valence-corrected chi connectivity index (χ4v) is 1.37. The summed E-state index contributed by atoms with van der Waals surface area (Å²) in [6.07, 6.45) is 0. The van der Waals surface area contributed by atoms with E-state index in [9.17, 15) is 4.39 Å². The summed E-state index contributed by atoms with van der Waals surface area (Å²) >= 11 is 5.77. The van der Waals surface area contributed by atoms with E-state index >= 15 is 0 Å². The first-order valence-corrected chi connectivity index (χ1v) is 4.31. The molecule has 3 nitrogen and oxygen atoms in total. The summed E-state index contributed by atoms with van der Waals surface area (Å²) in [4.78, 5) is 0. The van der Waals surface area contributed by atoms with Crippen molar-refractivity contribution in [3.8, 4) is 11.3 Å². The van der Waals surface area contributed by atoms with Gasteiger partial charge in [0.2, 0.25) is 0 Å². The second-order valence-electron chi connectivity index (χ2n) is 2.81. The highest BCUT2D eigenvalue weighted by Gasteiger charge is 2.11. The molecule has 3 N–H and O–H groups in total. The number of nitrogens with one attached hydrogen (secondary N) is 1. The van der Waals surface area contributed by atoms with Gasteiger partial charge in [0.15, 0.2) is 11.6 Å². The van der Waals surface area contributed by atoms with Crippen LogP contribution in [0.25, 0.3) is 11.3 Å². The van der Waals surface area contributed by atoms with Crippen LogP contribution in [0.2, 0.25) is 5.02 Å². The maximum atomic E-state index is 13.3. The van der Waals surface area contributed by atoms with Crippen molar-refractivity contribution in [2.45, 2.75) is 0 Å². The number of aromatic nitrogens is 2. The number of nitrogen functional groups attached to an aromatic ring is 1. The number of anilines is 1. The quantitative estimate of drug-likeness (QED) is 0.761. The molecule has 0 unspecified atom stereocenters. The van der Waals surface area contributed by atoms with Gasteiger partial charge in [-0.2, -0.15) is 5.10 Å². The lowest BCUT2D eigenvalue weighted by atomic mass is 10.1. The zero-order valence-electron chi connectivity index (χ0n) is 7.09. The van der Waals surface area contributed by atoms with E-state index in [2.05, 4.69) is 10.2 Å². The van der Waals surface area contributed by atoms with Crippen molar-refractivity contribution in [3.63, 3.8) is 0 Å². The van der Waals surface area contributed by atoms with Crippen LogP contribution in [-0.2, 0) is 0 Å². The molecule has 1 aromatic carbocycles. The Kier molecular flexibility index (Phi) is 2.13. The molecule has 0 atom stereocenters. The van der Waals surface area contributed by atoms with Crippen LogP contribution in [0, 0.1) is 5.82 Å². The Labute approximate surface area is 84.7 Å². The molecule has 0 radical (unpaired) electrons. The predicted octanol–water partition coefficient (Wildman–Crippen LogP) is 2.45. The van der Waals surface area contributed by atoms with Crippen LogP contribution in [-0.4, -0.2) is 10.2 Å². The molecule has 0 aliphatic rings. The molecule has 0 fully saturated rings. The van der Waals surface area contributed by atoms with Crippen molar-refractivity contribution in [2.24, 2.45) is 0 Å². The van der Waals surface area contributed by atoms with E-state index in [-0.39, 0.29) is 11.5 Å². The Bertz CT molecular complexity index is 467. The van der Waals surface area contributed by atoms with Crippen LogP contribution < -0.4 is 5.73 Å². The van der Waals surface area contributed by atoms with Crippen LogP contribution in [0.5, 0.6) is 0 Å². The molecular formula is C9H7ClFN3. The maximum Gasteiger partial charge on any atom is 0.192 e. The lowest BCUT2D eigenvalue weighted by molar-refractivity contribution is 0.636. The number of benzene rings is 1. The first-order valence-electron chi connectivity index (χ1n) is 3.94. The number of nitrogens with zero attached hydrogens (tertiary/aromatic N) is 1. The molecule has 1 heterocycles. The summed E-state index contributed by atoms with van der Waals surface area (Å²) in [7, 11) is 0. The van der Waals surface area contributed by atoms with Crippen LogP contribution in [0.1, 0.15) is 0 Å². The van der Waals surface area contributed by atoms with Crippen LogP contribution in [0.4, 0.5) is 10.2 Å². The van der Waals surface area contributed by atoms with Gasteiger partial charge in [-0.05, 0) is 12.1 Å². The first-order chi connectivity index (χ1) is 6.68. The highest BCUT2D eigenvalue weighted by Crippen LogP contribution is 2.25. The van der Waals surface area contributed by atoms with Gasteiger partial charge >= 0.3 is 0 Å². The summed E-state index contributed by atoms with van der Waals surface area (Å²) < 4.78 is 13.3. The SMILES string of the molecule is Nc1n[nH]c(-c2cccc(Cl)c2)c1F. The first kappa shape index (κ1) is 9.02. The van der Waals surface area contributed by atoms with Crippen LogP contribution >= 0.6 is 11.6 Å². The van der Waals surface area contributed by atoms with Gasteiger partial charge in [0.25, 0.3) is 0 Å². The molecule has 5 heteroatoms. The zero-order valence-corrected chi connectivity index (χ0v) is 7.85. The van der Waals surface area contributed by atoms with Gasteiger partial charge in [-0.25, -0.2) is 4.39 Å². The lowest BCUT2D eigenvalue weighted by Crippen LogP contribution is -1.87. The number of halogens is 2. The molecule has 0 amide bonds. The molecule has 2 rings (SSSR count). The summed E-state index contributed by atoms with van der Waals surface area (Å²) in [6.45, 7) is 0. The number of nitrogens with two attached hydrogens (primary N) is 1. The fourth-order valence-electron chi connectivity index (χ4n) is 1.18. The third-order valence-electron chi connectivity index (χ3n) is 1.85. The van der Waals surface area contributed by atoms with Gasteiger partial charge in [0.05, 0.1) is 0 Å². The Balaban J connectivity index is 2.55. The number of hydrogen-bond donors (Lipinski definition) is 2. The van der Waals surface area contributed by atoms with Crippen molar-refractivity contribution in [1.29, 1.82) is 0 Å². The van der Waals surface area contributed by atoms with E-state index in [4.69, 9.17) is 17.3 Å². The van der Waals surface area contributed by atoms with Crippen molar-refractivity contribution in [1.82, 2.24) is 10.2 Å². The van der Waals surface area contributed by atoms with Crippen molar-refractivity contribution < 1.29 is 4.39 Å². The Hall–Kier alpha value is -1.55. The molecule has 0 bridgehead atoms. The molecule has 0 saturated heterocycles. The van der Waals surface area contributed by atoms with Crippen molar-refractivity contribution in [2.75, 3.05) is 5.73 Å². The van der Waals surface area contributed by atoms with Gasteiger partial charge in [-0.15, -0.1) is 0 Å².